The van der Waals surface area contributed by atoms with Gasteiger partial charge in [-0.2, -0.15) is 23.4 Å². The second kappa shape index (κ2) is 8.12. The summed E-state index contributed by atoms with van der Waals surface area (Å²) < 4.78 is 43.5. The Kier molecular flexibility index (Phi) is 5.38. The molecule has 0 aromatic carbocycles. The molecule has 1 amide bonds. The van der Waals surface area contributed by atoms with E-state index in [4.69, 9.17) is 0 Å². The monoisotopic (exact) mass is 461 g/mol. The molecule has 3 aromatic heterocycles. The van der Waals surface area contributed by atoms with Crippen LogP contribution in [-0.2, 0) is 19.3 Å². The van der Waals surface area contributed by atoms with Gasteiger partial charge in [-0.1, -0.05) is 0 Å². The van der Waals surface area contributed by atoms with Gasteiger partial charge in [-0.3, -0.25) is 14.4 Å². The number of hydrogen-bond acceptors (Lipinski definition) is 5. The number of fused-ring (bicyclic) bond motifs is 1. The van der Waals surface area contributed by atoms with Gasteiger partial charge in [0, 0.05) is 62.6 Å². The average Bonchev–Trinajstić information content (AvgIpc) is 3.46. The number of rotatable bonds is 5. The lowest BCUT2D eigenvalue weighted by Crippen LogP contribution is -2.48. The SMILES string of the molecule is CCn1cc(CN2CCN(C(=O)c3cnn4c(C(F)(F)F)cc(C5CC5)nc34)CC2)c(C)n1. The highest BCUT2D eigenvalue weighted by atomic mass is 19.4. The van der Waals surface area contributed by atoms with Crippen LogP contribution in [0.2, 0.25) is 0 Å². The number of hydrogen-bond donors (Lipinski definition) is 0. The van der Waals surface area contributed by atoms with Gasteiger partial charge in [0.15, 0.2) is 5.65 Å². The van der Waals surface area contributed by atoms with Crippen LogP contribution in [0.1, 0.15) is 58.7 Å². The molecule has 0 bridgehead atoms. The van der Waals surface area contributed by atoms with Crippen molar-refractivity contribution in [2.75, 3.05) is 26.2 Å². The van der Waals surface area contributed by atoms with E-state index in [0.29, 0.717) is 31.9 Å². The number of piperazine rings is 1. The molecule has 3 aromatic rings. The normalized spacial score (nSPS) is 17.8. The molecule has 0 radical (unpaired) electrons. The van der Waals surface area contributed by atoms with Crippen molar-refractivity contribution in [2.45, 2.75) is 51.9 Å². The van der Waals surface area contributed by atoms with E-state index >= 15 is 0 Å². The second-order valence-electron chi connectivity index (χ2n) is 8.80. The Morgan fingerprint density at radius 1 is 1.18 bits per heavy atom. The van der Waals surface area contributed by atoms with Crippen LogP contribution in [0.4, 0.5) is 13.2 Å². The fourth-order valence-electron chi connectivity index (χ4n) is 4.32. The summed E-state index contributed by atoms with van der Waals surface area (Å²) in [5, 5.41) is 8.36. The van der Waals surface area contributed by atoms with Gasteiger partial charge in [0.1, 0.15) is 11.3 Å². The largest absolute Gasteiger partial charge is 0.433 e. The molecule has 0 N–H and O–H groups in total. The molecule has 8 nitrogen and oxygen atoms in total. The zero-order valence-corrected chi connectivity index (χ0v) is 18.6. The first-order chi connectivity index (χ1) is 15.7. The number of nitrogens with zero attached hydrogens (tertiary/aromatic N) is 7. The molecule has 1 saturated heterocycles. The van der Waals surface area contributed by atoms with Crippen LogP contribution in [0.5, 0.6) is 0 Å². The van der Waals surface area contributed by atoms with Gasteiger partial charge in [0.05, 0.1) is 11.9 Å². The lowest BCUT2D eigenvalue weighted by atomic mass is 10.2. The van der Waals surface area contributed by atoms with E-state index < -0.39 is 11.9 Å². The first kappa shape index (κ1) is 21.9. The minimum Gasteiger partial charge on any atom is -0.336 e. The third-order valence-corrected chi connectivity index (χ3v) is 6.43. The number of carbonyl (C=O) groups is 1. The minimum atomic E-state index is -4.58. The van der Waals surface area contributed by atoms with Crippen molar-refractivity contribution < 1.29 is 18.0 Å². The Hall–Kier alpha value is -2.95. The number of alkyl halides is 3. The van der Waals surface area contributed by atoms with Crippen molar-refractivity contribution in [3.63, 3.8) is 0 Å². The summed E-state index contributed by atoms with van der Waals surface area (Å²) in [6, 6.07) is 1.06. The lowest BCUT2D eigenvalue weighted by Gasteiger charge is -2.34. The third-order valence-electron chi connectivity index (χ3n) is 6.43. The molecule has 1 aliphatic heterocycles. The van der Waals surface area contributed by atoms with Crippen molar-refractivity contribution in [1.82, 2.24) is 34.2 Å². The molecule has 33 heavy (non-hydrogen) atoms. The van der Waals surface area contributed by atoms with Crippen LogP contribution >= 0.6 is 0 Å². The average molecular weight is 461 g/mol. The fourth-order valence-corrected chi connectivity index (χ4v) is 4.32. The zero-order valence-electron chi connectivity index (χ0n) is 18.6. The molecule has 1 saturated carbocycles. The van der Waals surface area contributed by atoms with Crippen LogP contribution in [0.25, 0.3) is 5.65 Å². The van der Waals surface area contributed by atoms with Crippen LogP contribution in [0.3, 0.4) is 0 Å². The number of amides is 1. The molecule has 0 spiro atoms. The minimum absolute atomic E-state index is 0.0123. The number of halogens is 3. The maximum atomic E-state index is 13.6. The quantitative estimate of drug-likeness (QED) is 0.584. The van der Waals surface area contributed by atoms with Crippen molar-refractivity contribution in [3.8, 4) is 0 Å². The Morgan fingerprint density at radius 2 is 1.91 bits per heavy atom. The van der Waals surface area contributed by atoms with E-state index in [-0.39, 0.29) is 23.0 Å². The van der Waals surface area contributed by atoms with Gasteiger partial charge in [0.2, 0.25) is 0 Å². The molecular formula is C22H26F3N7O. The molecule has 5 rings (SSSR count). The Morgan fingerprint density at radius 3 is 2.52 bits per heavy atom. The van der Waals surface area contributed by atoms with Crippen molar-refractivity contribution in [1.29, 1.82) is 0 Å². The van der Waals surface area contributed by atoms with Crippen molar-refractivity contribution in [3.05, 3.63) is 46.7 Å². The number of aryl methyl sites for hydroxylation is 2. The molecule has 4 heterocycles. The lowest BCUT2D eigenvalue weighted by molar-refractivity contribution is -0.142. The Bertz CT molecular complexity index is 1190. The highest BCUT2D eigenvalue weighted by molar-refractivity contribution is 5.99. The summed E-state index contributed by atoms with van der Waals surface area (Å²) in [7, 11) is 0. The summed E-state index contributed by atoms with van der Waals surface area (Å²) >= 11 is 0. The Balaban J connectivity index is 1.33. The van der Waals surface area contributed by atoms with E-state index in [1.54, 1.807) is 4.90 Å². The zero-order chi connectivity index (χ0) is 23.3. The third kappa shape index (κ3) is 4.21. The predicted molar refractivity (Wildman–Crippen MR) is 114 cm³/mol. The van der Waals surface area contributed by atoms with Crippen molar-refractivity contribution in [2.24, 2.45) is 0 Å². The molecule has 11 heteroatoms. The predicted octanol–water partition coefficient (Wildman–Crippen LogP) is 3.11. The van der Waals surface area contributed by atoms with Crippen LogP contribution < -0.4 is 0 Å². The number of aromatic nitrogens is 5. The van der Waals surface area contributed by atoms with Crippen LogP contribution in [-0.4, -0.2) is 66.3 Å². The van der Waals surface area contributed by atoms with E-state index in [1.807, 2.05) is 24.7 Å². The first-order valence-corrected chi connectivity index (χ1v) is 11.2. The summed E-state index contributed by atoms with van der Waals surface area (Å²) in [6.07, 6.45) is 0.318. The van der Waals surface area contributed by atoms with Crippen LogP contribution in [0, 0.1) is 6.92 Å². The van der Waals surface area contributed by atoms with Gasteiger partial charge in [-0.25, -0.2) is 9.50 Å². The highest BCUT2D eigenvalue weighted by Gasteiger charge is 2.38. The molecule has 1 aliphatic carbocycles. The summed E-state index contributed by atoms with van der Waals surface area (Å²) in [6.45, 7) is 7.94. The van der Waals surface area contributed by atoms with E-state index in [9.17, 15) is 18.0 Å². The van der Waals surface area contributed by atoms with Crippen molar-refractivity contribution >= 4 is 11.6 Å². The molecule has 0 unspecified atom stereocenters. The van der Waals surface area contributed by atoms with Gasteiger partial charge >= 0.3 is 6.18 Å². The molecular weight excluding hydrogens is 435 g/mol. The molecule has 2 fully saturated rings. The summed E-state index contributed by atoms with van der Waals surface area (Å²) in [4.78, 5) is 21.6. The highest BCUT2D eigenvalue weighted by Crippen LogP contribution is 2.41. The molecule has 2 aliphatic rings. The van der Waals surface area contributed by atoms with Gasteiger partial charge in [-0.15, -0.1) is 0 Å². The summed E-state index contributed by atoms with van der Waals surface area (Å²) in [5.74, 6) is -0.300. The maximum absolute atomic E-state index is 13.6. The molecule has 176 valence electrons. The van der Waals surface area contributed by atoms with E-state index in [0.717, 1.165) is 47.8 Å². The Labute approximate surface area is 189 Å². The van der Waals surface area contributed by atoms with Gasteiger partial charge in [0.25, 0.3) is 5.91 Å². The van der Waals surface area contributed by atoms with E-state index in [2.05, 4.69) is 20.1 Å². The molecule has 0 atom stereocenters. The van der Waals surface area contributed by atoms with Gasteiger partial charge < -0.3 is 4.90 Å². The number of carbonyl (C=O) groups excluding carboxylic acids is 1. The maximum Gasteiger partial charge on any atom is 0.433 e. The summed E-state index contributed by atoms with van der Waals surface area (Å²) in [5.41, 5.74) is 1.77. The fraction of sp³-hybridized carbons (Fsp3) is 0.545. The standard InChI is InChI=1S/C22H26F3N7O/c1-3-31-13-16(14(2)28-31)12-29-6-8-30(9-7-29)21(33)17-11-26-32-19(22(23,24)25)10-18(15-4-5-15)27-20(17)32/h10-11,13,15H,3-9,12H2,1-2H3. The van der Waals surface area contributed by atoms with E-state index in [1.165, 1.54) is 6.20 Å². The second-order valence-corrected chi connectivity index (χ2v) is 8.80. The first-order valence-electron chi connectivity index (χ1n) is 11.2. The van der Waals surface area contributed by atoms with Gasteiger partial charge in [-0.05, 0) is 32.8 Å². The smallest absolute Gasteiger partial charge is 0.336 e. The van der Waals surface area contributed by atoms with Crippen LogP contribution in [0.15, 0.2) is 18.5 Å². The topological polar surface area (TPSA) is 71.6 Å².